The van der Waals surface area contributed by atoms with E-state index in [2.05, 4.69) is 5.10 Å². The van der Waals surface area contributed by atoms with Crippen LogP contribution in [-0.2, 0) is 16.9 Å². The van der Waals surface area contributed by atoms with Crippen LogP contribution in [0.2, 0.25) is 10.0 Å². The van der Waals surface area contributed by atoms with Crippen molar-refractivity contribution in [2.75, 3.05) is 6.26 Å². The summed E-state index contributed by atoms with van der Waals surface area (Å²) in [5.41, 5.74) is 0.308. The predicted molar refractivity (Wildman–Crippen MR) is 82.6 cm³/mol. The van der Waals surface area contributed by atoms with Crippen LogP contribution in [0, 0.1) is 6.92 Å². The first-order valence-electron chi connectivity index (χ1n) is 6.01. The molecular weight excluding hydrogens is 351 g/mol. The summed E-state index contributed by atoms with van der Waals surface area (Å²) in [6.45, 7) is 1.56. The van der Waals surface area contributed by atoms with Crippen LogP contribution in [0.1, 0.15) is 21.6 Å². The first kappa shape index (κ1) is 16.8. The molecule has 1 heterocycles. The normalized spacial score (nSPS) is 11.7. The number of aryl methyl sites for hydroxylation is 2. The second-order valence-corrected chi connectivity index (χ2v) is 7.49. The first-order chi connectivity index (χ1) is 10.1. The Bertz CT molecular complexity index is 888. The predicted octanol–water partition coefficient (Wildman–Crippen LogP) is 2.38. The van der Waals surface area contributed by atoms with E-state index in [1.54, 1.807) is 6.92 Å². The molecule has 0 amide bonds. The number of aromatic hydroxyl groups is 1. The largest absolute Gasteiger partial charge is 0.493 e. The molecule has 0 saturated heterocycles. The first-order valence-corrected chi connectivity index (χ1v) is 8.65. The van der Waals surface area contributed by atoms with Crippen molar-refractivity contribution in [3.63, 3.8) is 0 Å². The molecule has 0 spiro atoms. The molecule has 2 rings (SSSR count). The molecule has 2 aromatic rings. The van der Waals surface area contributed by atoms with Gasteiger partial charge in [-0.05, 0) is 19.1 Å². The highest BCUT2D eigenvalue weighted by atomic mass is 35.5. The molecule has 0 bridgehead atoms. The van der Waals surface area contributed by atoms with E-state index in [1.165, 1.54) is 19.2 Å². The zero-order valence-electron chi connectivity index (χ0n) is 11.9. The SMILES string of the molecule is Cc1nn(C)c(O)c1C(=O)c1ccc(S(C)(=O)=O)c(Cl)c1Cl. The van der Waals surface area contributed by atoms with Crippen LogP contribution in [0.4, 0.5) is 0 Å². The maximum absolute atomic E-state index is 12.5. The number of rotatable bonds is 3. The summed E-state index contributed by atoms with van der Waals surface area (Å²) >= 11 is 12.0. The Morgan fingerprint density at radius 1 is 1.27 bits per heavy atom. The minimum absolute atomic E-state index is 0.00688. The molecule has 0 unspecified atom stereocenters. The van der Waals surface area contributed by atoms with Crippen molar-refractivity contribution in [3.05, 3.63) is 39.0 Å². The molecule has 22 heavy (non-hydrogen) atoms. The molecule has 1 aromatic carbocycles. The lowest BCUT2D eigenvalue weighted by molar-refractivity contribution is 0.103. The molecule has 0 aliphatic heterocycles. The fraction of sp³-hybridized carbons (Fsp3) is 0.231. The van der Waals surface area contributed by atoms with Gasteiger partial charge in [0.05, 0.1) is 20.6 Å². The second kappa shape index (κ2) is 5.57. The van der Waals surface area contributed by atoms with Crippen molar-refractivity contribution in [1.29, 1.82) is 0 Å². The van der Waals surface area contributed by atoms with Gasteiger partial charge in [0.2, 0.25) is 11.7 Å². The second-order valence-electron chi connectivity index (χ2n) is 4.75. The van der Waals surface area contributed by atoms with Gasteiger partial charge in [0, 0.05) is 18.9 Å². The number of carbonyl (C=O) groups excluding carboxylic acids is 1. The van der Waals surface area contributed by atoms with E-state index in [1.807, 2.05) is 0 Å². The highest BCUT2D eigenvalue weighted by Gasteiger charge is 2.26. The van der Waals surface area contributed by atoms with E-state index in [9.17, 15) is 18.3 Å². The van der Waals surface area contributed by atoms with Crippen LogP contribution >= 0.6 is 23.2 Å². The van der Waals surface area contributed by atoms with Gasteiger partial charge in [-0.25, -0.2) is 13.1 Å². The van der Waals surface area contributed by atoms with Gasteiger partial charge in [0.25, 0.3) is 0 Å². The molecule has 0 fully saturated rings. The minimum Gasteiger partial charge on any atom is -0.493 e. The maximum atomic E-state index is 12.5. The number of carbonyl (C=O) groups is 1. The monoisotopic (exact) mass is 362 g/mol. The fourth-order valence-electron chi connectivity index (χ4n) is 2.04. The summed E-state index contributed by atoms with van der Waals surface area (Å²) in [6.07, 6.45) is 0.989. The average molecular weight is 363 g/mol. The third kappa shape index (κ3) is 2.71. The Labute approximate surface area is 137 Å². The quantitative estimate of drug-likeness (QED) is 0.846. The van der Waals surface area contributed by atoms with E-state index < -0.39 is 15.6 Å². The molecule has 0 saturated carbocycles. The van der Waals surface area contributed by atoms with Gasteiger partial charge in [-0.1, -0.05) is 23.2 Å². The number of ketones is 1. The number of aromatic nitrogens is 2. The molecule has 1 aromatic heterocycles. The molecule has 0 atom stereocenters. The van der Waals surface area contributed by atoms with Crippen LogP contribution < -0.4 is 0 Å². The summed E-state index contributed by atoms with van der Waals surface area (Å²) in [5.74, 6) is -0.892. The fourth-order valence-corrected chi connectivity index (χ4v) is 3.67. The van der Waals surface area contributed by atoms with Gasteiger partial charge in [0.1, 0.15) is 5.56 Å². The lowest BCUT2D eigenvalue weighted by Gasteiger charge is -2.08. The Morgan fingerprint density at radius 3 is 2.32 bits per heavy atom. The Kier molecular flexibility index (Phi) is 4.25. The van der Waals surface area contributed by atoms with E-state index in [0.29, 0.717) is 5.69 Å². The molecule has 6 nitrogen and oxygen atoms in total. The van der Waals surface area contributed by atoms with Crippen LogP contribution in [0.3, 0.4) is 0 Å². The van der Waals surface area contributed by atoms with E-state index in [-0.39, 0.29) is 31.9 Å². The van der Waals surface area contributed by atoms with Crippen LogP contribution in [0.25, 0.3) is 0 Å². The third-order valence-electron chi connectivity index (χ3n) is 3.11. The number of halogens is 2. The highest BCUT2D eigenvalue weighted by molar-refractivity contribution is 7.90. The zero-order valence-corrected chi connectivity index (χ0v) is 14.2. The number of hydrogen-bond donors (Lipinski definition) is 1. The van der Waals surface area contributed by atoms with E-state index >= 15 is 0 Å². The van der Waals surface area contributed by atoms with Gasteiger partial charge in [-0.15, -0.1) is 0 Å². The summed E-state index contributed by atoms with van der Waals surface area (Å²) in [4.78, 5) is 12.4. The molecule has 1 N–H and O–H groups in total. The number of benzene rings is 1. The number of nitrogens with zero attached hydrogens (tertiary/aromatic N) is 2. The highest BCUT2D eigenvalue weighted by Crippen LogP contribution is 2.35. The Balaban J connectivity index is 2.64. The van der Waals surface area contributed by atoms with E-state index in [0.717, 1.165) is 10.9 Å². The molecular formula is C13H12Cl2N2O4S. The lowest BCUT2D eigenvalue weighted by atomic mass is 10.0. The Hall–Kier alpha value is -1.57. The summed E-state index contributed by atoms with van der Waals surface area (Å²) in [7, 11) is -2.08. The van der Waals surface area contributed by atoms with Crippen molar-refractivity contribution < 1.29 is 18.3 Å². The summed E-state index contributed by atoms with van der Waals surface area (Å²) in [5, 5.41) is 13.4. The molecule has 0 radical (unpaired) electrons. The van der Waals surface area contributed by atoms with Gasteiger partial charge < -0.3 is 5.11 Å². The maximum Gasteiger partial charge on any atom is 0.220 e. The standard InChI is InChI=1S/C13H12Cl2N2O4S/c1-6-9(13(19)17(2)16-6)12(18)7-4-5-8(22(3,20)21)11(15)10(7)14/h4-5,19H,1-3H3. The zero-order chi connectivity index (χ0) is 16.8. The molecule has 118 valence electrons. The van der Waals surface area contributed by atoms with Crippen molar-refractivity contribution in [2.45, 2.75) is 11.8 Å². The molecule has 9 heteroatoms. The van der Waals surface area contributed by atoms with Crippen molar-refractivity contribution in [3.8, 4) is 5.88 Å². The van der Waals surface area contributed by atoms with Gasteiger partial charge in [0.15, 0.2) is 9.84 Å². The van der Waals surface area contributed by atoms with Gasteiger partial charge in [-0.3, -0.25) is 4.79 Å². The topological polar surface area (TPSA) is 89.3 Å². The summed E-state index contributed by atoms with van der Waals surface area (Å²) < 4.78 is 24.3. The van der Waals surface area contributed by atoms with Crippen LogP contribution in [-0.4, -0.2) is 35.3 Å². The Morgan fingerprint density at radius 2 is 1.86 bits per heavy atom. The van der Waals surface area contributed by atoms with Gasteiger partial charge in [-0.2, -0.15) is 5.10 Å². The molecule has 0 aliphatic rings. The third-order valence-corrected chi connectivity index (χ3v) is 5.24. The van der Waals surface area contributed by atoms with E-state index in [4.69, 9.17) is 23.2 Å². The number of hydrogen-bond acceptors (Lipinski definition) is 5. The van der Waals surface area contributed by atoms with Crippen LogP contribution in [0.5, 0.6) is 5.88 Å². The average Bonchev–Trinajstić information content (AvgIpc) is 2.64. The van der Waals surface area contributed by atoms with Crippen molar-refractivity contribution >= 4 is 38.8 Å². The minimum atomic E-state index is -3.57. The lowest BCUT2D eigenvalue weighted by Crippen LogP contribution is -2.06. The smallest absolute Gasteiger partial charge is 0.220 e. The molecule has 0 aliphatic carbocycles. The van der Waals surface area contributed by atoms with Crippen LogP contribution in [0.15, 0.2) is 17.0 Å². The summed E-state index contributed by atoms with van der Waals surface area (Å²) in [6, 6.07) is 2.47. The van der Waals surface area contributed by atoms with Crippen molar-refractivity contribution in [2.24, 2.45) is 7.05 Å². The number of sulfone groups is 1. The van der Waals surface area contributed by atoms with Crippen molar-refractivity contribution in [1.82, 2.24) is 9.78 Å². The van der Waals surface area contributed by atoms with Gasteiger partial charge >= 0.3 is 0 Å².